The Morgan fingerprint density at radius 2 is 2.00 bits per heavy atom. The lowest BCUT2D eigenvalue weighted by atomic mass is 9.82. The van der Waals surface area contributed by atoms with Crippen LogP contribution in [0.1, 0.15) is 57.8 Å². The van der Waals surface area contributed by atoms with Gasteiger partial charge in [-0.3, -0.25) is 4.98 Å². The van der Waals surface area contributed by atoms with Crippen molar-refractivity contribution >= 4 is 6.29 Å². The largest absolute Gasteiger partial charge is 0.492 e. The Bertz CT molecular complexity index is 385. The summed E-state index contributed by atoms with van der Waals surface area (Å²) in [6.45, 7) is 0.754. The molecular weight excluding hydrogens is 250 g/mol. The van der Waals surface area contributed by atoms with Crippen molar-refractivity contribution in [2.75, 3.05) is 6.61 Å². The molecule has 0 amide bonds. The van der Waals surface area contributed by atoms with Crippen molar-refractivity contribution in [3.8, 4) is 5.75 Å². The minimum atomic E-state index is 0.0339. The molecule has 0 saturated heterocycles. The average Bonchev–Trinajstić information content (AvgIpc) is 2.97. The predicted octanol–water partition coefficient (Wildman–Crippen LogP) is 4.17. The molecule has 1 aromatic heterocycles. The molecule has 0 spiro atoms. The number of carbonyl (C=O) groups is 1. The zero-order valence-electron chi connectivity index (χ0n) is 12.2. The van der Waals surface area contributed by atoms with Gasteiger partial charge in [-0.05, 0) is 37.8 Å². The maximum Gasteiger partial charge on any atom is 0.137 e. The van der Waals surface area contributed by atoms with E-state index in [-0.39, 0.29) is 5.41 Å². The van der Waals surface area contributed by atoms with E-state index in [0.717, 1.165) is 38.0 Å². The predicted molar refractivity (Wildman–Crippen MR) is 79.8 cm³/mol. The molecule has 110 valence electrons. The van der Waals surface area contributed by atoms with Gasteiger partial charge in [0, 0.05) is 11.6 Å². The standard InChI is InChI=1S/C17H25NO2/c19-15-17(10-4-5-11-17)9-3-1-2-6-13-20-16-8-7-12-18-14-16/h7-8,12,14-15H,1-6,9-11,13H2. The van der Waals surface area contributed by atoms with Crippen molar-refractivity contribution in [3.63, 3.8) is 0 Å². The maximum absolute atomic E-state index is 11.2. The highest BCUT2D eigenvalue weighted by molar-refractivity contribution is 5.59. The normalized spacial score (nSPS) is 17.0. The number of rotatable bonds is 9. The van der Waals surface area contributed by atoms with Crippen LogP contribution < -0.4 is 4.74 Å². The summed E-state index contributed by atoms with van der Waals surface area (Å²) in [6.07, 6.45) is 15.1. The molecule has 1 aliphatic rings. The number of nitrogens with zero attached hydrogens (tertiary/aromatic N) is 1. The number of hydrogen-bond acceptors (Lipinski definition) is 3. The van der Waals surface area contributed by atoms with Gasteiger partial charge in [-0.1, -0.05) is 32.1 Å². The van der Waals surface area contributed by atoms with E-state index < -0.39 is 0 Å². The van der Waals surface area contributed by atoms with Crippen molar-refractivity contribution < 1.29 is 9.53 Å². The van der Waals surface area contributed by atoms with Crippen LogP contribution in [0, 0.1) is 5.41 Å². The summed E-state index contributed by atoms with van der Waals surface area (Å²) >= 11 is 0. The molecule has 0 aliphatic heterocycles. The first-order chi connectivity index (χ1) is 9.85. The molecular formula is C17H25NO2. The van der Waals surface area contributed by atoms with Gasteiger partial charge in [-0.2, -0.15) is 0 Å². The quantitative estimate of drug-likeness (QED) is 0.501. The molecule has 1 heterocycles. The third kappa shape index (κ3) is 4.62. The molecule has 1 saturated carbocycles. The van der Waals surface area contributed by atoms with Crippen molar-refractivity contribution in [1.29, 1.82) is 0 Å². The molecule has 1 fully saturated rings. The van der Waals surface area contributed by atoms with Gasteiger partial charge in [-0.25, -0.2) is 0 Å². The second-order valence-electron chi connectivity index (χ2n) is 5.89. The summed E-state index contributed by atoms with van der Waals surface area (Å²) in [4.78, 5) is 15.2. The Hall–Kier alpha value is -1.38. The Labute approximate surface area is 121 Å². The van der Waals surface area contributed by atoms with E-state index in [4.69, 9.17) is 4.74 Å². The fourth-order valence-electron chi connectivity index (χ4n) is 3.06. The van der Waals surface area contributed by atoms with E-state index in [0.29, 0.717) is 0 Å². The first kappa shape index (κ1) is 15.0. The molecule has 1 aromatic rings. The molecule has 20 heavy (non-hydrogen) atoms. The van der Waals surface area contributed by atoms with Gasteiger partial charge in [0.05, 0.1) is 12.8 Å². The summed E-state index contributed by atoms with van der Waals surface area (Å²) < 4.78 is 5.61. The Morgan fingerprint density at radius 1 is 1.20 bits per heavy atom. The SMILES string of the molecule is O=CC1(CCCCCCOc2cccnc2)CCCC1. The zero-order chi connectivity index (χ0) is 14.1. The van der Waals surface area contributed by atoms with Crippen molar-refractivity contribution in [1.82, 2.24) is 4.98 Å². The van der Waals surface area contributed by atoms with Crippen LogP contribution in [0.4, 0.5) is 0 Å². The van der Waals surface area contributed by atoms with Crippen LogP contribution in [0.2, 0.25) is 0 Å². The average molecular weight is 275 g/mol. The molecule has 0 radical (unpaired) electrons. The zero-order valence-corrected chi connectivity index (χ0v) is 12.2. The number of hydrogen-bond donors (Lipinski definition) is 0. The molecule has 0 aromatic carbocycles. The molecule has 2 rings (SSSR count). The fourth-order valence-corrected chi connectivity index (χ4v) is 3.06. The number of carbonyl (C=O) groups excluding carboxylic acids is 1. The van der Waals surface area contributed by atoms with Gasteiger partial charge < -0.3 is 9.53 Å². The molecule has 0 unspecified atom stereocenters. The van der Waals surface area contributed by atoms with Crippen molar-refractivity contribution in [2.45, 2.75) is 57.8 Å². The highest BCUT2D eigenvalue weighted by Gasteiger charge is 2.32. The van der Waals surface area contributed by atoms with Crippen LogP contribution in [-0.2, 0) is 4.79 Å². The Morgan fingerprint density at radius 3 is 2.70 bits per heavy atom. The lowest BCUT2D eigenvalue weighted by molar-refractivity contribution is -0.116. The third-order valence-corrected chi connectivity index (χ3v) is 4.32. The van der Waals surface area contributed by atoms with Crippen molar-refractivity contribution in [2.24, 2.45) is 5.41 Å². The van der Waals surface area contributed by atoms with Gasteiger partial charge in [0.1, 0.15) is 12.0 Å². The maximum atomic E-state index is 11.2. The van der Waals surface area contributed by atoms with Crippen LogP contribution >= 0.6 is 0 Å². The highest BCUT2D eigenvalue weighted by Crippen LogP contribution is 2.40. The van der Waals surface area contributed by atoms with Gasteiger partial charge in [-0.15, -0.1) is 0 Å². The molecule has 3 nitrogen and oxygen atoms in total. The third-order valence-electron chi connectivity index (χ3n) is 4.32. The van der Waals surface area contributed by atoms with E-state index >= 15 is 0 Å². The number of pyridine rings is 1. The topological polar surface area (TPSA) is 39.2 Å². The minimum absolute atomic E-state index is 0.0339. The molecule has 0 N–H and O–H groups in total. The molecule has 0 atom stereocenters. The number of aldehydes is 1. The van der Waals surface area contributed by atoms with Gasteiger partial charge >= 0.3 is 0 Å². The van der Waals surface area contributed by atoms with Crippen LogP contribution in [0.25, 0.3) is 0 Å². The first-order valence-electron chi connectivity index (χ1n) is 7.84. The van der Waals surface area contributed by atoms with Crippen LogP contribution in [0.5, 0.6) is 5.75 Å². The van der Waals surface area contributed by atoms with Gasteiger partial charge in [0.2, 0.25) is 0 Å². The Kier molecular flexibility index (Phi) is 6.03. The summed E-state index contributed by atoms with van der Waals surface area (Å²) in [7, 11) is 0. The van der Waals surface area contributed by atoms with Crippen molar-refractivity contribution in [3.05, 3.63) is 24.5 Å². The van der Waals surface area contributed by atoms with E-state index in [1.807, 2.05) is 12.1 Å². The summed E-state index contributed by atoms with van der Waals surface area (Å²) in [5, 5.41) is 0. The second kappa shape index (κ2) is 8.03. The second-order valence-corrected chi connectivity index (χ2v) is 5.89. The smallest absolute Gasteiger partial charge is 0.137 e. The lowest BCUT2D eigenvalue weighted by Crippen LogP contribution is -2.17. The fraction of sp³-hybridized carbons (Fsp3) is 0.647. The molecule has 1 aliphatic carbocycles. The van der Waals surface area contributed by atoms with Gasteiger partial charge in [0.15, 0.2) is 0 Å². The molecule has 3 heteroatoms. The van der Waals surface area contributed by atoms with E-state index in [1.165, 1.54) is 38.4 Å². The monoisotopic (exact) mass is 275 g/mol. The van der Waals surface area contributed by atoms with E-state index in [2.05, 4.69) is 4.98 Å². The summed E-state index contributed by atoms with van der Waals surface area (Å²) in [5.41, 5.74) is 0.0339. The van der Waals surface area contributed by atoms with E-state index in [9.17, 15) is 4.79 Å². The van der Waals surface area contributed by atoms with Crippen LogP contribution in [-0.4, -0.2) is 17.9 Å². The number of aromatic nitrogens is 1. The minimum Gasteiger partial charge on any atom is -0.492 e. The Balaban J connectivity index is 1.50. The van der Waals surface area contributed by atoms with Crippen LogP contribution in [0.3, 0.4) is 0 Å². The molecule has 0 bridgehead atoms. The summed E-state index contributed by atoms with van der Waals surface area (Å²) in [6, 6.07) is 3.82. The first-order valence-corrected chi connectivity index (χ1v) is 7.84. The number of unbranched alkanes of at least 4 members (excludes halogenated alkanes) is 3. The number of ether oxygens (including phenoxy) is 1. The summed E-state index contributed by atoms with van der Waals surface area (Å²) in [5.74, 6) is 0.846. The van der Waals surface area contributed by atoms with E-state index in [1.54, 1.807) is 12.4 Å². The lowest BCUT2D eigenvalue weighted by Gasteiger charge is -2.21. The van der Waals surface area contributed by atoms with Crippen LogP contribution in [0.15, 0.2) is 24.5 Å². The van der Waals surface area contributed by atoms with Gasteiger partial charge in [0.25, 0.3) is 0 Å². The highest BCUT2D eigenvalue weighted by atomic mass is 16.5.